The minimum Gasteiger partial charge on any atom is -0.478 e. The van der Waals surface area contributed by atoms with Gasteiger partial charge in [0, 0.05) is 0 Å². The van der Waals surface area contributed by atoms with Gasteiger partial charge in [-0.1, -0.05) is 25.1 Å². The molecule has 4 unspecified atom stereocenters. The molecule has 0 aliphatic rings. The summed E-state index contributed by atoms with van der Waals surface area (Å²) < 4.78 is 0. The monoisotopic (exact) mass is 330 g/mol. The van der Waals surface area contributed by atoms with Crippen molar-refractivity contribution in [2.45, 2.75) is 37.8 Å². The number of hydrogen-bond donors (Lipinski definition) is 6. The smallest absolute Gasteiger partial charge is 0.335 e. The summed E-state index contributed by atoms with van der Waals surface area (Å²) in [5.41, 5.74) is 1.30. The Labute approximate surface area is 133 Å². The summed E-state index contributed by atoms with van der Waals surface area (Å²) in [4.78, 5) is 20.5. The number of carboxylic acid groups (broad SMARTS) is 1. The third-order valence-corrected chi connectivity index (χ3v) is 3.05. The van der Waals surface area contributed by atoms with Crippen LogP contribution < -0.4 is 0 Å². The Kier molecular flexibility index (Phi) is 9.95. The lowest BCUT2D eigenvalue weighted by Gasteiger charge is -2.22. The summed E-state index contributed by atoms with van der Waals surface area (Å²) in [5.74, 6) is -0.845. The van der Waals surface area contributed by atoms with Crippen molar-refractivity contribution in [2.75, 3.05) is 6.61 Å². The SMILES string of the molecule is CCc1ccccc1C(=O)O.O=CC(O)C(O)C(O)C(O)CO. The molecule has 0 heterocycles. The zero-order valence-electron chi connectivity index (χ0n) is 12.6. The molecule has 1 aromatic carbocycles. The number of hydrogen-bond acceptors (Lipinski definition) is 7. The maximum atomic E-state index is 10.6. The summed E-state index contributed by atoms with van der Waals surface area (Å²) in [5, 5.41) is 52.2. The van der Waals surface area contributed by atoms with Crippen LogP contribution in [0.4, 0.5) is 0 Å². The molecule has 130 valence electrons. The Balaban J connectivity index is 0.000000422. The number of aldehydes is 1. The average Bonchev–Trinajstić information content (AvgIpc) is 2.59. The second-order valence-electron chi connectivity index (χ2n) is 4.67. The topological polar surface area (TPSA) is 156 Å². The van der Waals surface area contributed by atoms with Gasteiger partial charge in [0.05, 0.1) is 12.2 Å². The molecule has 0 bridgehead atoms. The standard InChI is InChI=1S/C9H10O2.C6H12O6/c1-2-7-5-3-4-6-8(7)9(10)11;7-1-3(9)5(11)6(12)4(10)2-8/h3-6H,2H2,1H3,(H,10,11);1,3-6,8-12H,2H2. The first-order valence-electron chi connectivity index (χ1n) is 6.89. The number of carboxylic acids is 1. The summed E-state index contributed by atoms with van der Waals surface area (Å²) in [6, 6.07) is 7.05. The maximum Gasteiger partial charge on any atom is 0.335 e. The van der Waals surface area contributed by atoms with Gasteiger partial charge in [-0.05, 0) is 18.1 Å². The third kappa shape index (κ3) is 6.85. The van der Waals surface area contributed by atoms with Gasteiger partial charge >= 0.3 is 5.97 Å². The fourth-order valence-electron chi connectivity index (χ4n) is 1.66. The minimum atomic E-state index is -1.79. The fourth-order valence-corrected chi connectivity index (χ4v) is 1.66. The van der Waals surface area contributed by atoms with Gasteiger partial charge in [-0.2, -0.15) is 0 Å². The van der Waals surface area contributed by atoms with Crippen molar-refractivity contribution in [3.05, 3.63) is 35.4 Å². The molecule has 0 radical (unpaired) electrons. The second kappa shape index (κ2) is 10.8. The first-order chi connectivity index (χ1) is 10.8. The van der Waals surface area contributed by atoms with Crippen LogP contribution in [0.25, 0.3) is 0 Å². The predicted molar refractivity (Wildman–Crippen MR) is 80.0 cm³/mol. The van der Waals surface area contributed by atoms with Gasteiger partial charge in [-0.15, -0.1) is 0 Å². The van der Waals surface area contributed by atoms with E-state index >= 15 is 0 Å². The molecule has 23 heavy (non-hydrogen) atoms. The molecular weight excluding hydrogens is 308 g/mol. The number of carbonyl (C=O) groups excluding carboxylic acids is 1. The van der Waals surface area contributed by atoms with Gasteiger partial charge in [-0.3, -0.25) is 0 Å². The minimum absolute atomic E-state index is 0.0258. The molecule has 0 saturated heterocycles. The first kappa shape index (κ1) is 21.2. The van der Waals surface area contributed by atoms with E-state index in [1.165, 1.54) is 0 Å². The highest BCUT2D eigenvalue weighted by molar-refractivity contribution is 5.89. The van der Waals surface area contributed by atoms with Crippen molar-refractivity contribution < 1.29 is 40.2 Å². The maximum absolute atomic E-state index is 10.6. The van der Waals surface area contributed by atoms with E-state index in [0.717, 1.165) is 12.0 Å². The fraction of sp³-hybridized carbons (Fsp3) is 0.467. The number of aliphatic hydroxyl groups excluding tert-OH is 5. The van der Waals surface area contributed by atoms with E-state index < -0.39 is 37.0 Å². The highest BCUT2D eigenvalue weighted by Crippen LogP contribution is 2.08. The van der Waals surface area contributed by atoms with Crippen LogP contribution in [0.1, 0.15) is 22.8 Å². The van der Waals surface area contributed by atoms with Gasteiger partial charge < -0.3 is 35.4 Å². The van der Waals surface area contributed by atoms with E-state index in [1.807, 2.05) is 19.1 Å². The zero-order valence-corrected chi connectivity index (χ0v) is 12.6. The Morgan fingerprint density at radius 2 is 1.70 bits per heavy atom. The van der Waals surface area contributed by atoms with Crippen LogP contribution in [-0.2, 0) is 11.2 Å². The molecule has 0 fully saturated rings. The molecule has 0 spiro atoms. The third-order valence-electron chi connectivity index (χ3n) is 3.05. The van der Waals surface area contributed by atoms with Gasteiger partial charge in [-0.25, -0.2) is 4.79 Å². The van der Waals surface area contributed by atoms with E-state index in [2.05, 4.69) is 0 Å². The number of aliphatic hydroxyl groups is 5. The number of benzene rings is 1. The molecular formula is C15H22O8. The molecule has 0 aliphatic heterocycles. The van der Waals surface area contributed by atoms with E-state index in [4.69, 9.17) is 30.6 Å². The van der Waals surface area contributed by atoms with Crippen molar-refractivity contribution in [3.63, 3.8) is 0 Å². The van der Waals surface area contributed by atoms with Crippen LogP contribution in [-0.4, -0.2) is 73.9 Å². The highest BCUT2D eigenvalue weighted by Gasteiger charge is 2.29. The molecule has 4 atom stereocenters. The molecule has 0 aliphatic carbocycles. The lowest BCUT2D eigenvalue weighted by atomic mass is 10.0. The van der Waals surface area contributed by atoms with E-state index in [-0.39, 0.29) is 6.29 Å². The first-order valence-corrected chi connectivity index (χ1v) is 6.89. The highest BCUT2D eigenvalue weighted by atomic mass is 16.4. The molecule has 8 heteroatoms. The van der Waals surface area contributed by atoms with Crippen molar-refractivity contribution in [1.82, 2.24) is 0 Å². The van der Waals surface area contributed by atoms with Crippen molar-refractivity contribution >= 4 is 12.3 Å². The summed E-state index contributed by atoms with van der Waals surface area (Å²) in [6.45, 7) is 1.19. The normalized spacial score (nSPS) is 15.6. The van der Waals surface area contributed by atoms with Crippen molar-refractivity contribution in [2.24, 2.45) is 0 Å². The quantitative estimate of drug-likeness (QED) is 0.332. The van der Waals surface area contributed by atoms with Gasteiger partial charge in [0.15, 0.2) is 6.29 Å². The molecule has 0 saturated carbocycles. The molecule has 8 nitrogen and oxygen atoms in total. The lowest BCUT2D eigenvalue weighted by molar-refractivity contribution is -0.136. The average molecular weight is 330 g/mol. The Hall–Kier alpha value is -1.84. The lowest BCUT2D eigenvalue weighted by Crippen LogP contribution is -2.46. The Morgan fingerprint density at radius 1 is 1.13 bits per heavy atom. The van der Waals surface area contributed by atoms with Crippen LogP contribution in [0.15, 0.2) is 24.3 Å². The number of aromatic carboxylic acids is 1. The zero-order chi connectivity index (χ0) is 18.0. The van der Waals surface area contributed by atoms with Crippen LogP contribution in [0, 0.1) is 0 Å². The van der Waals surface area contributed by atoms with Gasteiger partial charge in [0.1, 0.15) is 24.4 Å². The predicted octanol–water partition coefficient (Wildman–Crippen LogP) is -1.43. The number of aryl methyl sites for hydroxylation is 1. The molecule has 6 N–H and O–H groups in total. The summed E-state index contributed by atoms with van der Waals surface area (Å²) >= 11 is 0. The van der Waals surface area contributed by atoms with E-state index in [1.54, 1.807) is 12.1 Å². The van der Waals surface area contributed by atoms with E-state index in [0.29, 0.717) is 5.56 Å². The molecule has 1 aromatic rings. The van der Waals surface area contributed by atoms with Crippen LogP contribution in [0.5, 0.6) is 0 Å². The molecule has 0 amide bonds. The Bertz CT molecular complexity index is 490. The van der Waals surface area contributed by atoms with Crippen LogP contribution >= 0.6 is 0 Å². The summed E-state index contributed by atoms with van der Waals surface area (Å²) in [6.07, 6.45) is -6.07. The second-order valence-corrected chi connectivity index (χ2v) is 4.67. The van der Waals surface area contributed by atoms with Gasteiger partial charge in [0.25, 0.3) is 0 Å². The van der Waals surface area contributed by atoms with E-state index in [9.17, 15) is 9.59 Å². The number of carbonyl (C=O) groups is 2. The van der Waals surface area contributed by atoms with Gasteiger partial charge in [0.2, 0.25) is 0 Å². The Morgan fingerprint density at radius 3 is 2.09 bits per heavy atom. The number of rotatable bonds is 7. The largest absolute Gasteiger partial charge is 0.478 e. The molecule has 1 rings (SSSR count). The van der Waals surface area contributed by atoms with Crippen LogP contribution in [0.2, 0.25) is 0 Å². The van der Waals surface area contributed by atoms with Crippen molar-refractivity contribution in [3.8, 4) is 0 Å². The van der Waals surface area contributed by atoms with Crippen molar-refractivity contribution in [1.29, 1.82) is 0 Å². The summed E-state index contributed by atoms with van der Waals surface area (Å²) in [7, 11) is 0. The van der Waals surface area contributed by atoms with Crippen LogP contribution in [0.3, 0.4) is 0 Å². The molecule has 0 aromatic heterocycles.